The van der Waals surface area contributed by atoms with E-state index in [0.29, 0.717) is 12.5 Å². The van der Waals surface area contributed by atoms with Crippen LogP contribution in [-0.2, 0) is 28.9 Å². The fourth-order valence-electron chi connectivity index (χ4n) is 5.80. The van der Waals surface area contributed by atoms with Crippen LogP contribution in [0.1, 0.15) is 55.9 Å². The molecule has 32 heavy (non-hydrogen) atoms. The first-order valence-electron chi connectivity index (χ1n) is 12.1. The number of fused-ring (bicyclic) bond motifs is 3. The minimum atomic E-state index is -0.107. The predicted molar refractivity (Wildman–Crippen MR) is 126 cm³/mol. The number of carbonyl (C=O) groups excluding carboxylic acids is 1. The van der Waals surface area contributed by atoms with Gasteiger partial charge < -0.3 is 10.1 Å². The van der Waals surface area contributed by atoms with Gasteiger partial charge >= 0.3 is 0 Å². The molecule has 0 spiro atoms. The summed E-state index contributed by atoms with van der Waals surface area (Å²) in [4.78, 5) is 35.3. The molecule has 1 saturated carbocycles. The second-order valence-electron chi connectivity index (χ2n) is 9.87. The fourth-order valence-corrected chi connectivity index (χ4v) is 7.15. The van der Waals surface area contributed by atoms with E-state index in [1.807, 2.05) is 0 Å². The molecule has 3 heterocycles. The van der Waals surface area contributed by atoms with E-state index in [1.165, 1.54) is 34.3 Å². The Bertz CT molecular complexity index is 1030. The molecule has 1 aliphatic heterocycles. The van der Waals surface area contributed by atoms with Gasteiger partial charge in [0, 0.05) is 30.1 Å². The molecule has 1 unspecified atom stereocenters. The van der Waals surface area contributed by atoms with Gasteiger partial charge in [0.1, 0.15) is 11.4 Å². The molecule has 0 radical (unpaired) electrons. The molecular formula is C24H34N4O3S. The number of rotatable bonds is 5. The number of ether oxygens (including phenoxy) is 1. The quantitative estimate of drug-likeness (QED) is 0.746. The van der Waals surface area contributed by atoms with E-state index in [4.69, 9.17) is 4.74 Å². The zero-order valence-electron chi connectivity index (χ0n) is 19.0. The summed E-state index contributed by atoms with van der Waals surface area (Å²) in [6.45, 7) is 6.32. The first kappa shape index (κ1) is 22.0. The van der Waals surface area contributed by atoms with E-state index in [1.54, 1.807) is 17.7 Å². The molecular weight excluding hydrogens is 424 g/mol. The molecule has 1 amide bonds. The number of carbonyl (C=O) groups is 1. The van der Waals surface area contributed by atoms with Crippen LogP contribution in [0, 0.1) is 5.92 Å². The predicted octanol–water partition coefficient (Wildman–Crippen LogP) is 2.73. The van der Waals surface area contributed by atoms with Crippen LogP contribution in [0.15, 0.2) is 11.1 Å². The van der Waals surface area contributed by atoms with Gasteiger partial charge in [-0.15, -0.1) is 11.3 Å². The number of hydrogen-bond donors (Lipinski definition) is 1. The lowest BCUT2D eigenvalue weighted by Crippen LogP contribution is -2.59. The molecule has 2 aromatic heterocycles. The van der Waals surface area contributed by atoms with Gasteiger partial charge in [-0.2, -0.15) is 0 Å². The number of nitrogens with zero attached hydrogens (tertiary/aromatic N) is 3. The van der Waals surface area contributed by atoms with E-state index in [0.717, 1.165) is 68.6 Å². The Balaban J connectivity index is 1.30. The van der Waals surface area contributed by atoms with Crippen LogP contribution in [0.3, 0.4) is 0 Å². The number of aryl methyl sites for hydroxylation is 1. The third-order valence-electron chi connectivity index (χ3n) is 7.68. The Kier molecular flexibility index (Phi) is 6.36. The highest BCUT2D eigenvalue weighted by Crippen LogP contribution is 2.36. The lowest BCUT2D eigenvalue weighted by atomic mass is 9.79. The van der Waals surface area contributed by atoms with Gasteiger partial charge in [-0.25, -0.2) is 4.98 Å². The van der Waals surface area contributed by atoms with Crippen molar-refractivity contribution in [2.45, 2.75) is 70.4 Å². The molecule has 2 fully saturated rings. The molecule has 1 atom stereocenters. The smallest absolute Gasteiger partial charge is 0.262 e. The number of nitrogens with one attached hydrogen (secondary N) is 1. The van der Waals surface area contributed by atoms with Crippen LogP contribution < -0.4 is 10.9 Å². The van der Waals surface area contributed by atoms with Crippen molar-refractivity contribution in [1.29, 1.82) is 0 Å². The summed E-state index contributed by atoms with van der Waals surface area (Å²) in [7, 11) is 0. The van der Waals surface area contributed by atoms with Crippen LogP contribution >= 0.6 is 11.3 Å². The molecule has 2 aromatic rings. The zero-order valence-corrected chi connectivity index (χ0v) is 19.8. The molecule has 0 aromatic carbocycles. The second-order valence-corrected chi connectivity index (χ2v) is 11.0. The molecule has 3 aliphatic rings. The molecule has 1 saturated heterocycles. The SMILES string of the molecule is CC1CCc2c(sc3ncn(CC(=O)NCC4(N5CCOCC5)CCCCC4)c(=O)c23)C1. The highest BCUT2D eigenvalue weighted by Gasteiger charge is 2.38. The Morgan fingerprint density at radius 1 is 1.28 bits per heavy atom. The minimum absolute atomic E-state index is 0.0218. The van der Waals surface area contributed by atoms with Gasteiger partial charge in [0.2, 0.25) is 5.91 Å². The van der Waals surface area contributed by atoms with Crippen molar-refractivity contribution in [2.24, 2.45) is 5.92 Å². The second kappa shape index (κ2) is 9.23. The summed E-state index contributed by atoms with van der Waals surface area (Å²) >= 11 is 1.65. The van der Waals surface area contributed by atoms with Crippen LogP contribution in [0.5, 0.6) is 0 Å². The van der Waals surface area contributed by atoms with Gasteiger partial charge in [0.15, 0.2) is 0 Å². The van der Waals surface area contributed by atoms with Crippen molar-refractivity contribution in [3.8, 4) is 0 Å². The van der Waals surface area contributed by atoms with Gasteiger partial charge in [-0.05, 0) is 43.6 Å². The standard InChI is InChI=1S/C24H34N4O3S/c1-17-5-6-18-19(13-17)32-22-21(18)23(30)27(16-26-22)14-20(29)25-15-24(7-3-2-4-8-24)28-9-11-31-12-10-28/h16-17H,2-15H2,1H3,(H,25,29). The third kappa shape index (κ3) is 4.24. The summed E-state index contributed by atoms with van der Waals surface area (Å²) in [5.74, 6) is 0.548. The van der Waals surface area contributed by atoms with Crippen molar-refractivity contribution in [1.82, 2.24) is 19.8 Å². The first-order valence-corrected chi connectivity index (χ1v) is 13.0. The third-order valence-corrected chi connectivity index (χ3v) is 8.84. The van der Waals surface area contributed by atoms with Crippen LogP contribution in [0.2, 0.25) is 0 Å². The molecule has 5 rings (SSSR count). The van der Waals surface area contributed by atoms with Crippen LogP contribution in [-0.4, -0.2) is 58.7 Å². The number of morpholine rings is 1. The zero-order chi connectivity index (χ0) is 22.1. The Hall–Kier alpha value is -1.77. The Morgan fingerprint density at radius 3 is 2.84 bits per heavy atom. The first-order chi connectivity index (χ1) is 15.6. The van der Waals surface area contributed by atoms with Crippen LogP contribution in [0.25, 0.3) is 10.2 Å². The molecule has 174 valence electrons. The average molecular weight is 459 g/mol. The van der Waals surface area contributed by atoms with E-state index in [9.17, 15) is 9.59 Å². The normalized spacial score (nSPS) is 23.7. The number of thiophene rings is 1. The van der Waals surface area contributed by atoms with Gasteiger partial charge in [0.05, 0.1) is 24.9 Å². The summed E-state index contributed by atoms with van der Waals surface area (Å²) in [5, 5.41) is 3.91. The van der Waals surface area contributed by atoms with Crippen molar-refractivity contribution in [3.05, 3.63) is 27.1 Å². The number of aromatic nitrogens is 2. The van der Waals surface area contributed by atoms with Gasteiger partial charge in [0.25, 0.3) is 5.56 Å². The van der Waals surface area contributed by atoms with E-state index >= 15 is 0 Å². The maximum atomic E-state index is 13.2. The fraction of sp³-hybridized carbons (Fsp3) is 0.708. The van der Waals surface area contributed by atoms with E-state index in [-0.39, 0.29) is 23.6 Å². The maximum Gasteiger partial charge on any atom is 0.262 e. The Morgan fingerprint density at radius 2 is 2.06 bits per heavy atom. The number of hydrogen-bond acceptors (Lipinski definition) is 6. The minimum Gasteiger partial charge on any atom is -0.379 e. The maximum absolute atomic E-state index is 13.2. The summed E-state index contributed by atoms with van der Waals surface area (Å²) in [6, 6.07) is 0. The Labute approximate surface area is 193 Å². The lowest BCUT2D eigenvalue weighted by molar-refractivity contribution is -0.123. The summed E-state index contributed by atoms with van der Waals surface area (Å²) in [5.41, 5.74) is 1.12. The van der Waals surface area contributed by atoms with Crippen molar-refractivity contribution < 1.29 is 9.53 Å². The topological polar surface area (TPSA) is 76.5 Å². The van der Waals surface area contributed by atoms with Crippen LogP contribution in [0.4, 0.5) is 0 Å². The molecule has 7 nitrogen and oxygen atoms in total. The molecule has 0 bridgehead atoms. The molecule has 2 aliphatic carbocycles. The number of amides is 1. The van der Waals surface area contributed by atoms with E-state index in [2.05, 4.69) is 22.1 Å². The van der Waals surface area contributed by atoms with E-state index < -0.39 is 0 Å². The summed E-state index contributed by atoms with van der Waals surface area (Å²) in [6.07, 6.45) is 10.5. The summed E-state index contributed by atoms with van der Waals surface area (Å²) < 4.78 is 7.04. The largest absolute Gasteiger partial charge is 0.379 e. The van der Waals surface area contributed by atoms with Crippen molar-refractivity contribution in [2.75, 3.05) is 32.8 Å². The highest BCUT2D eigenvalue weighted by molar-refractivity contribution is 7.18. The molecule has 1 N–H and O–H groups in total. The molecule has 8 heteroatoms. The highest BCUT2D eigenvalue weighted by atomic mass is 32.1. The van der Waals surface area contributed by atoms with Gasteiger partial charge in [-0.1, -0.05) is 26.2 Å². The average Bonchev–Trinajstić information content (AvgIpc) is 3.19. The monoisotopic (exact) mass is 458 g/mol. The van der Waals surface area contributed by atoms with Crippen molar-refractivity contribution in [3.63, 3.8) is 0 Å². The van der Waals surface area contributed by atoms with Crippen molar-refractivity contribution >= 4 is 27.5 Å². The lowest BCUT2D eigenvalue weighted by Gasteiger charge is -2.48. The van der Waals surface area contributed by atoms with Gasteiger partial charge in [-0.3, -0.25) is 19.1 Å².